The summed E-state index contributed by atoms with van der Waals surface area (Å²) in [6, 6.07) is 22.7. The van der Waals surface area contributed by atoms with Crippen molar-refractivity contribution in [1.29, 1.82) is 0 Å². The molecule has 4 aromatic rings. The number of hydrogen-bond acceptors (Lipinski definition) is 5. The van der Waals surface area contributed by atoms with E-state index in [1.807, 2.05) is 30.3 Å². The van der Waals surface area contributed by atoms with Crippen LogP contribution in [0.5, 0.6) is 0 Å². The van der Waals surface area contributed by atoms with Crippen LogP contribution in [0.25, 0.3) is 11.0 Å². The van der Waals surface area contributed by atoms with Gasteiger partial charge in [0.2, 0.25) is 0 Å². The van der Waals surface area contributed by atoms with Gasteiger partial charge in [-0.05, 0) is 48.5 Å². The number of hydrogen-bond donors (Lipinski definition) is 1. The van der Waals surface area contributed by atoms with Gasteiger partial charge >= 0.3 is 0 Å². The Kier molecular flexibility index (Phi) is 5.21. The molecular weight excluding hydrogens is 414 g/mol. The van der Waals surface area contributed by atoms with Crippen LogP contribution in [0.15, 0.2) is 93.7 Å². The summed E-state index contributed by atoms with van der Waals surface area (Å²) in [6.07, 6.45) is 0. The maximum absolute atomic E-state index is 12.8. The molecule has 0 unspecified atom stereocenters. The fraction of sp³-hybridized carbons (Fsp3) is 0. The lowest BCUT2D eigenvalue weighted by Gasteiger charge is -2.12. The van der Waals surface area contributed by atoms with Crippen molar-refractivity contribution < 1.29 is 8.42 Å². The number of rotatable bonds is 5. The Hall–Kier alpha value is -2.61. The zero-order chi connectivity index (χ0) is 19.6. The van der Waals surface area contributed by atoms with Gasteiger partial charge < -0.3 is 0 Å². The van der Waals surface area contributed by atoms with Gasteiger partial charge in [0.25, 0.3) is 10.0 Å². The van der Waals surface area contributed by atoms with E-state index in [4.69, 9.17) is 11.6 Å². The second-order valence-electron chi connectivity index (χ2n) is 5.84. The molecule has 0 aliphatic carbocycles. The molecule has 0 fully saturated rings. The molecule has 1 N–H and O–H groups in total. The molecule has 0 aliphatic heterocycles. The van der Waals surface area contributed by atoms with Crippen molar-refractivity contribution in [2.75, 3.05) is 4.72 Å². The molecule has 0 saturated heterocycles. The number of nitrogens with zero attached hydrogens (tertiary/aromatic N) is 2. The van der Waals surface area contributed by atoms with E-state index < -0.39 is 10.0 Å². The van der Waals surface area contributed by atoms with Crippen LogP contribution in [0.4, 0.5) is 5.82 Å². The van der Waals surface area contributed by atoms with Crippen molar-refractivity contribution in [2.45, 2.75) is 14.8 Å². The van der Waals surface area contributed by atoms with E-state index in [1.54, 1.807) is 36.4 Å². The Morgan fingerprint density at radius 1 is 0.786 bits per heavy atom. The van der Waals surface area contributed by atoms with Gasteiger partial charge in [0.15, 0.2) is 5.82 Å². The lowest BCUT2D eigenvalue weighted by molar-refractivity contribution is 0.601. The van der Waals surface area contributed by atoms with Crippen LogP contribution in [0, 0.1) is 0 Å². The van der Waals surface area contributed by atoms with Crippen molar-refractivity contribution in [1.82, 2.24) is 9.97 Å². The number of halogens is 1. The number of benzene rings is 3. The average molecular weight is 428 g/mol. The summed E-state index contributed by atoms with van der Waals surface area (Å²) in [6.45, 7) is 0. The zero-order valence-corrected chi connectivity index (χ0v) is 16.8. The third kappa shape index (κ3) is 4.11. The third-order valence-corrected chi connectivity index (χ3v) is 6.44. The minimum absolute atomic E-state index is 0.160. The first kappa shape index (κ1) is 18.7. The zero-order valence-electron chi connectivity index (χ0n) is 14.4. The molecule has 0 amide bonds. The molecule has 0 atom stereocenters. The van der Waals surface area contributed by atoms with Gasteiger partial charge in [-0.25, -0.2) is 18.4 Å². The van der Waals surface area contributed by atoms with Gasteiger partial charge in [-0.2, -0.15) is 0 Å². The second-order valence-corrected chi connectivity index (χ2v) is 9.02. The Morgan fingerprint density at radius 3 is 2.07 bits per heavy atom. The summed E-state index contributed by atoms with van der Waals surface area (Å²) in [4.78, 5) is 10.1. The van der Waals surface area contributed by atoms with Gasteiger partial charge in [-0.3, -0.25) is 4.72 Å². The van der Waals surface area contributed by atoms with Crippen molar-refractivity contribution in [3.8, 4) is 0 Å². The van der Waals surface area contributed by atoms with Crippen molar-refractivity contribution >= 4 is 50.2 Å². The van der Waals surface area contributed by atoms with Crippen LogP contribution >= 0.6 is 23.4 Å². The first-order valence-electron chi connectivity index (χ1n) is 8.29. The average Bonchev–Trinajstić information content (AvgIpc) is 2.70. The van der Waals surface area contributed by atoms with E-state index in [-0.39, 0.29) is 10.7 Å². The van der Waals surface area contributed by atoms with Crippen LogP contribution in [-0.2, 0) is 10.0 Å². The van der Waals surface area contributed by atoms with E-state index in [2.05, 4.69) is 14.7 Å². The van der Waals surface area contributed by atoms with Gasteiger partial charge in [0.05, 0.1) is 15.9 Å². The highest BCUT2D eigenvalue weighted by Crippen LogP contribution is 2.33. The Bertz CT molecular complexity index is 1230. The van der Waals surface area contributed by atoms with Gasteiger partial charge in [0.1, 0.15) is 5.03 Å². The number of anilines is 1. The van der Waals surface area contributed by atoms with E-state index in [0.717, 1.165) is 4.90 Å². The molecular formula is C20H14ClN3O2S2. The molecule has 3 aromatic carbocycles. The van der Waals surface area contributed by atoms with Gasteiger partial charge in [0, 0.05) is 9.92 Å². The summed E-state index contributed by atoms with van der Waals surface area (Å²) in [5.41, 5.74) is 1.29. The smallest absolute Gasteiger partial charge is 0.261 e. The monoisotopic (exact) mass is 427 g/mol. The Balaban J connectivity index is 1.78. The maximum atomic E-state index is 12.8. The Morgan fingerprint density at radius 2 is 1.39 bits per heavy atom. The fourth-order valence-electron chi connectivity index (χ4n) is 2.52. The second kappa shape index (κ2) is 7.79. The number of para-hydroxylation sites is 2. The molecule has 0 radical (unpaired) electrons. The van der Waals surface area contributed by atoms with E-state index in [9.17, 15) is 8.42 Å². The van der Waals surface area contributed by atoms with Gasteiger partial charge in [-0.1, -0.05) is 53.7 Å². The minimum Gasteiger partial charge on any atom is -0.261 e. The number of sulfonamides is 1. The van der Waals surface area contributed by atoms with Crippen molar-refractivity contribution in [3.05, 3.63) is 83.9 Å². The summed E-state index contributed by atoms with van der Waals surface area (Å²) < 4.78 is 28.1. The molecule has 0 aliphatic rings. The van der Waals surface area contributed by atoms with E-state index >= 15 is 0 Å². The SMILES string of the molecule is O=S(=O)(Nc1nc2ccccc2nc1Sc1ccc(Cl)cc1)c1ccccc1. The number of aromatic nitrogens is 2. The molecule has 1 aromatic heterocycles. The highest BCUT2D eigenvalue weighted by Gasteiger charge is 2.19. The van der Waals surface area contributed by atoms with Crippen molar-refractivity contribution in [2.24, 2.45) is 0 Å². The third-order valence-electron chi connectivity index (χ3n) is 3.85. The fourth-order valence-corrected chi connectivity index (χ4v) is 4.58. The van der Waals surface area contributed by atoms with Crippen molar-refractivity contribution in [3.63, 3.8) is 0 Å². The molecule has 0 saturated carbocycles. The van der Waals surface area contributed by atoms with Crippen LogP contribution in [0.3, 0.4) is 0 Å². The number of fused-ring (bicyclic) bond motifs is 1. The minimum atomic E-state index is -3.79. The van der Waals surface area contributed by atoms with Crippen LogP contribution in [0.1, 0.15) is 0 Å². The Labute approximate surface area is 171 Å². The van der Waals surface area contributed by atoms with E-state index in [0.29, 0.717) is 21.1 Å². The first-order valence-corrected chi connectivity index (χ1v) is 11.0. The summed E-state index contributed by atoms with van der Waals surface area (Å²) in [5, 5.41) is 1.08. The summed E-state index contributed by atoms with van der Waals surface area (Å²) in [5.74, 6) is 0.183. The first-order chi connectivity index (χ1) is 13.5. The molecule has 5 nitrogen and oxygen atoms in total. The highest BCUT2D eigenvalue weighted by molar-refractivity contribution is 7.99. The molecule has 1 heterocycles. The standard InChI is InChI=1S/C20H14ClN3O2S2/c21-14-10-12-15(13-11-14)27-20-19(22-17-8-4-5-9-18(17)23-20)24-28(25,26)16-6-2-1-3-7-16/h1-13H,(H,22,24). The highest BCUT2D eigenvalue weighted by atomic mass is 35.5. The predicted octanol–water partition coefficient (Wildman–Crippen LogP) is 5.24. The molecule has 28 heavy (non-hydrogen) atoms. The topological polar surface area (TPSA) is 72.0 Å². The quantitative estimate of drug-likeness (QED) is 0.471. The normalized spacial score (nSPS) is 11.5. The molecule has 0 bridgehead atoms. The van der Waals surface area contributed by atoms with Crippen LogP contribution in [0.2, 0.25) is 5.02 Å². The number of nitrogens with one attached hydrogen (secondary N) is 1. The largest absolute Gasteiger partial charge is 0.263 e. The van der Waals surface area contributed by atoms with Gasteiger partial charge in [-0.15, -0.1) is 0 Å². The molecule has 140 valence electrons. The van der Waals surface area contributed by atoms with E-state index in [1.165, 1.54) is 23.9 Å². The predicted molar refractivity (Wildman–Crippen MR) is 112 cm³/mol. The lowest BCUT2D eigenvalue weighted by Crippen LogP contribution is -2.15. The lowest BCUT2D eigenvalue weighted by atomic mass is 10.3. The summed E-state index contributed by atoms with van der Waals surface area (Å²) in [7, 11) is -3.79. The molecule has 8 heteroatoms. The summed E-state index contributed by atoms with van der Waals surface area (Å²) >= 11 is 7.26. The van der Waals surface area contributed by atoms with Crippen LogP contribution in [-0.4, -0.2) is 18.4 Å². The maximum Gasteiger partial charge on any atom is 0.263 e. The molecule has 0 spiro atoms. The molecule has 4 rings (SSSR count). The van der Waals surface area contributed by atoms with Crippen LogP contribution < -0.4 is 4.72 Å².